The summed E-state index contributed by atoms with van der Waals surface area (Å²) in [4.78, 5) is 16.5. The van der Waals surface area contributed by atoms with Gasteiger partial charge in [-0.3, -0.25) is 9.78 Å². The topological polar surface area (TPSA) is 107 Å². The number of carbonyl (C=O) groups excluding carboxylic acids is 1. The van der Waals surface area contributed by atoms with E-state index in [-0.39, 0.29) is 29.0 Å². The van der Waals surface area contributed by atoms with Crippen molar-refractivity contribution >= 4 is 33.4 Å². The molecular formula is C21H19N5O3S2. The van der Waals surface area contributed by atoms with Gasteiger partial charge in [-0.1, -0.05) is 48.2 Å². The molecule has 2 aromatic heterocycles. The predicted octanol–water partition coefficient (Wildman–Crippen LogP) is 3.55. The lowest BCUT2D eigenvalue weighted by molar-refractivity contribution is -0.113. The van der Waals surface area contributed by atoms with Gasteiger partial charge in [0, 0.05) is 25.1 Å². The van der Waals surface area contributed by atoms with Gasteiger partial charge in [-0.25, -0.2) is 8.42 Å². The lowest BCUT2D eigenvalue weighted by Crippen LogP contribution is -2.18. The minimum Gasteiger partial charge on any atom is -0.325 e. The van der Waals surface area contributed by atoms with Gasteiger partial charge >= 0.3 is 0 Å². The van der Waals surface area contributed by atoms with Crippen molar-refractivity contribution in [2.75, 3.05) is 11.1 Å². The fourth-order valence-electron chi connectivity index (χ4n) is 2.78. The predicted molar refractivity (Wildman–Crippen MR) is 120 cm³/mol. The van der Waals surface area contributed by atoms with Crippen LogP contribution in [0.25, 0.3) is 11.4 Å². The van der Waals surface area contributed by atoms with Crippen molar-refractivity contribution in [3.05, 3.63) is 85.2 Å². The summed E-state index contributed by atoms with van der Waals surface area (Å²) in [5, 5.41) is 11.0. The molecule has 0 atom stereocenters. The number of anilines is 1. The Balaban J connectivity index is 0.00000289. The maximum absolute atomic E-state index is 13.4. The van der Waals surface area contributed by atoms with Crippen LogP contribution in [0.1, 0.15) is 1.43 Å². The standard InChI is InChI=1S/C21H17N5O3S2.H2/c27-19(23-17-9-3-1-4-10-17)15-30-21-25-24-20(16-8-7-13-22-14-16)26(21)31(28,29)18-11-5-2-6-12-18;/h1-14H,15H2,(H,23,27);1H. The van der Waals surface area contributed by atoms with Crippen molar-refractivity contribution in [3.8, 4) is 11.4 Å². The second kappa shape index (κ2) is 9.11. The average molecular weight is 454 g/mol. The number of hydrogen-bond acceptors (Lipinski definition) is 7. The number of para-hydroxylation sites is 1. The molecule has 0 radical (unpaired) electrons. The monoisotopic (exact) mass is 453 g/mol. The van der Waals surface area contributed by atoms with Crippen LogP contribution < -0.4 is 5.32 Å². The van der Waals surface area contributed by atoms with Gasteiger partial charge in [0.05, 0.1) is 10.6 Å². The molecule has 0 spiro atoms. The minimum absolute atomic E-state index is 0. The van der Waals surface area contributed by atoms with Crippen LogP contribution in [0.3, 0.4) is 0 Å². The summed E-state index contributed by atoms with van der Waals surface area (Å²) in [6.07, 6.45) is 3.09. The highest BCUT2D eigenvalue weighted by atomic mass is 32.2. The molecule has 8 nitrogen and oxygen atoms in total. The normalized spacial score (nSPS) is 11.2. The van der Waals surface area contributed by atoms with Crippen LogP contribution in [0, 0.1) is 0 Å². The van der Waals surface area contributed by atoms with E-state index in [2.05, 4.69) is 20.5 Å². The van der Waals surface area contributed by atoms with Gasteiger partial charge in [0.25, 0.3) is 10.0 Å². The first-order valence-corrected chi connectivity index (χ1v) is 11.6. The van der Waals surface area contributed by atoms with Crippen LogP contribution in [-0.4, -0.2) is 39.2 Å². The molecule has 4 rings (SSSR count). The van der Waals surface area contributed by atoms with Gasteiger partial charge in [0.2, 0.25) is 11.1 Å². The zero-order valence-corrected chi connectivity index (χ0v) is 17.8. The average Bonchev–Trinajstić information content (AvgIpc) is 3.24. The first-order chi connectivity index (χ1) is 15.1. The zero-order valence-electron chi connectivity index (χ0n) is 16.1. The Bertz CT molecular complexity index is 1290. The number of benzene rings is 2. The Morgan fingerprint density at radius 3 is 2.35 bits per heavy atom. The third-order valence-electron chi connectivity index (χ3n) is 4.19. The Hall–Kier alpha value is -3.50. The molecule has 1 N–H and O–H groups in total. The molecule has 0 aliphatic rings. The van der Waals surface area contributed by atoms with Crippen LogP contribution in [0.4, 0.5) is 5.69 Å². The highest BCUT2D eigenvalue weighted by Gasteiger charge is 2.27. The highest BCUT2D eigenvalue weighted by Crippen LogP contribution is 2.28. The highest BCUT2D eigenvalue weighted by molar-refractivity contribution is 8.00. The summed E-state index contributed by atoms with van der Waals surface area (Å²) >= 11 is 0.989. The fourth-order valence-corrected chi connectivity index (χ4v) is 5.19. The first-order valence-electron chi connectivity index (χ1n) is 9.20. The van der Waals surface area contributed by atoms with E-state index in [4.69, 9.17) is 0 Å². The summed E-state index contributed by atoms with van der Waals surface area (Å²) < 4.78 is 27.8. The third kappa shape index (κ3) is 4.65. The Morgan fingerprint density at radius 2 is 1.68 bits per heavy atom. The largest absolute Gasteiger partial charge is 0.325 e. The maximum Gasteiger partial charge on any atom is 0.271 e. The van der Waals surface area contributed by atoms with Gasteiger partial charge in [-0.2, -0.15) is 3.97 Å². The molecule has 2 aromatic carbocycles. The number of pyridine rings is 1. The molecule has 0 saturated heterocycles. The van der Waals surface area contributed by atoms with E-state index < -0.39 is 10.0 Å². The van der Waals surface area contributed by atoms with Crippen molar-refractivity contribution in [1.29, 1.82) is 0 Å². The molecule has 0 fully saturated rings. The number of aromatic nitrogens is 4. The maximum atomic E-state index is 13.4. The number of hydrogen-bond donors (Lipinski definition) is 1. The Morgan fingerprint density at radius 1 is 0.968 bits per heavy atom. The number of nitrogens with zero attached hydrogens (tertiary/aromatic N) is 4. The van der Waals surface area contributed by atoms with Crippen LogP contribution in [-0.2, 0) is 14.8 Å². The van der Waals surface area contributed by atoms with Crippen molar-refractivity contribution in [2.24, 2.45) is 0 Å². The minimum atomic E-state index is -4.00. The quantitative estimate of drug-likeness (QED) is 0.426. The lowest BCUT2D eigenvalue weighted by atomic mass is 10.3. The molecule has 1 amide bonds. The van der Waals surface area contributed by atoms with E-state index in [1.165, 1.54) is 18.3 Å². The summed E-state index contributed by atoms with van der Waals surface area (Å²) in [5.41, 5.74) is 1.15. The molecule has 2 heterocycles. The third-order valence-corrected chi connectivity index (χ3v) is 6.93. The van der Waals surface area contributed by atoms with E-state index in [1.54, 1.807) is 48.7 Å². The van der Waals surface area contributed by atoms with Crippen molar-refractivity contribution < 1.29 is 14.6 Å². The van der Waals surface area contributed by atoms with Crippen LogP contribution >= 0.6 is 11.8 Å². The van der Waals surface area contributed by atoms with E-state index >= 15 is 0 Å². The van der Waals surface area contributed by atoms with Crippen molar-refractivity contribution in [3.63, 3.8) is 0 Å². The smallest absolute Gasteiger partial charge is 0.271 e. The van der Waals surface area contributed by atoms with Gasteiger partial charge in [0.15, 0.2) is 5.82 Å². The number of amides is 1. The first kappa shape index (κ1) is 20.8. The molecule has 0 bridgehead atoms. The molecule has 0 saturated carbocycles. The summed E-state index contributed by atoms with van der Waals surface area (Å²) in [5.74, 6) is -0.196. The van der Waals surface area contributed by atoms with Gasteiger partial charge in [-0.15, -0.1) is 10.2 Å². The van der Waals surface area contributed by atoms with E-state index in [0.29, 0.717) is 11.3 Å². The number of carbonyl (C=O) groups is 1. The molecule has 0 aliphatic carbocycles. The van der Waals surface area contributed by atoms with E-state index in [1.807, 2.05) is 18.2 Å². The van der Waals surface area contributed by atoms with Gasteiger partial charge in [0.1, 0.15) is 0 Å². The second-order valence-electron chi connectivity index (χ2n) is 6.33. The van der Waals surface area contributed by atoms with Gasteiger partial charge < -0.3 is 5.32 Å². The molecular weight excluding hydrogens is 434 g/mol. The Kier molecular flexibility index (Phi) is 6.10. The summed E-state index contributed by atoms with van der Waals surface area (Å²) in [6, 6.07) is 20.4. The fraction of sp³-hybridized carbons (Fsp3) is 0.0476. The van der Waals surface area contributed by atoms with E-state index in [0.717, 1.165) is 15.7 Å². The molecule has 4 aromatic rings. The van der Waals surface area contributed by atoms with Crippen molar-refractivity contribution in [2.45, 2.75) is 10.1 Å². The van der Waals surface area contributed by atoms with Crippen LogP contribution in [0.5, 0.6) is 0 Å². The molecule has 31 heavy (non-hydrogen) atoms. The molecule has 0 aliphatic heterocycles. The summed E-state index contributed by atoms with van der Waals surface area (Å²) in [6.45, 7) is 0. The van der Waals surface area contributed by atoms with Crippen molar-refractivity contribution in [1.82, 2.24) is 19.2 Å². The number of thioether (sulfide) groups is 1. The molecule has 158 valence electrons. The van der Waals surface area contributed by atoms with Crippen LogP contribution in [0.2, 0.25) is 0 Å². The SMILES string of the molecule is O=C(CSc1nnc(-c2cccnc2)n1S(=O)(=O)c1ccccc1)Nc1ccccc1.[HH]. The lowest BCUT2D eigenvalue weighted by Gasteiger charge is -2.11. The van der Waals surface area contributed by atoms with Gasteiger partial charge in [-0.05, 0) is 36.4 Å². The molecule has 10 heteroatoms. The summed E-state index contributed by atoms with van der Waals surface area (Å²) in [7, 11) is -4.00. The molecule has 0 unspecified atom stereocenters. The number of nitrogens with one attached hydrogen (secondary N) is 1. The van der Waals surface area contributed by atoms with Crippen LogP contribution in [0.15, 0.2) is 95.2 Å². The van der Waals surface area contributed by atoms with E-state index in [9.17, 15) is 13.2 Å². The number of rotatable bonds is 7. The second-order valence-corrected chi connectivity index (χ2v) is 9.06. The zero-order chi connectivity index (χ0) is 21.7. The Labute approximate surface area is 184 Å².